The van der Waals surface area contributed by atoms with E-state index in [2.05, 4.69) is 5.32 Å². The van der Waals surface area contributed by atoms with Crippen molar-refractivity contribution in [1.29, 1.82) is 0 Å². The monoisotopic (exact) mass is 362 g/mol. The van der Waals surface area contributed by atoms with E-state index in [-0.39, 0.29) is 6.54 Å². The largest absolute Gasteiger partial charge is 0.493 e. The maximum absolute atomic E-state index is 12.3. The van der Waals surface area contributed by atoms with Gasteiger partial charge in [-0.2, -0.15) is 0 Å². The maximum Gasteiger partial charge on any atom is 0.407 e. The summed E-state index contributed by atoms with van der Waals surface area (Å²) in [6.45, 7) is 7.84. The Labute approximate surface area is 153 Å². The maximum atomic E-state index is 12.3. The Morgan fingerprint density at radius 1 is 1.23 bits per heavy atom. The Balaban J connectivity index is 2.27. The van der Waals surface area contributed by atoms with Crippen LogP contribution in [-0.2, 0) is 14.3 Å². The Morgan fingerprint density at radius 3 is 2.58 bits per heavy atom. The fraction of sp³-hybridized carbons (Fsp3) is 0.474. The molecular weight excluding hydrogens is 336 g/mol. The van der Waals surface area contributed by atoms with Gasteiger partial charge in [0.25, 0.3) is 0 Å². The topological polar surface area (TPSA) is 78.8 Å². The number of nitrogens with one attached hydrogen (secondary N) is 1. The smallest absolute Gasteiger partial charge is 0.407 e. The lowest BCUT2D eigenvalue weighted by Gasteiger charge is -2.22. The van der Waals surface area contributed by atoms with Gasteiger partial charge in [0.2, 0.25) is 0 Å². The lowest BCUT2D eigenvalue weighted by atomic mass is 10.2. The van der Waals surface area contributed by atoms with E-state index >= 15 is 0 Å². The van der Waals surface area contributed by atoms with Crippen molar-refractivity contribution in [3.8, 4) is 5.75 Å². The van der Waals surface area contributed by atoms with Crippen LogP contribution in [0, 0.1) is 0 Å². The van der Waals surface area contributed by atoms with Crippen molar-refractivity contribution in [2.45, 2.75) is 39.3 Å². The van der Waals surface area contributed by atoms with Crippen LogP contribution < -0.4 is 10.1 Å². The zero-order valence-electron chi connectivity index (χ0n) is 15.9. The summed E-state index contributed by atoms with van der Waals surface area (Å²) in [4.78, 5) is 24.2. The number of carbonyl (C=O) groups excluding carboxylic acids is 2. The molecule has 2 aromatic rings. The summed E-state index contributed by atoms with van der Waals surface area (Å²) < 4.78 is 17.5. The predicted molar refractivity (Wildman–Crippen MR) is 98.4 cm³/mol. The van der Waals surface area contributed by atoms with Gasteiger partial charge in [-0.3, -0.25) is 0 Å². The van der Waals surface area contributed by atoms with E-state index in [1.165, 1.54) is 7.11 Å². The number of rotatable bonds is 6. The Bertz CT molecular complexity index is 776. The number of aromatic nitrogens is 1. The number of hydrogen-bond donors (Lipinski definition) is 1. The first-order valence-electron chi connectivity index (χ1n) is 8.54. The quantitative estimate of drug-likeness (QED) is 0.798. The van der Waals surface area contributed by atoms with Crippen molar-refractivity contribution in [3.05, 3.63) is 30.5 Å². The third kappa shape index (κ3) is 4.68. The molecule has 1 atom stereocenters. The molecule has 0 saturated carbocycles. The van der Waals surface area contributed by atoms with Crippen LogP contribution in [0.2, 0.25) is 0 Å². The molecule has 0 aliphatic heterocycles. The second-order valence-corrected chi connectivity index (χ2v) is 6.77. The summed E-state index contributed by atoms with van der Waals surface area (Å²) in [6, 6.07) is 6.79. The molecule has 0 saturated heterocycles. The third-order valence-electron chi connectivity index (χ3n) is 3.67. The molecule has 1 aromatic heterocycles. The van der Waals surface area contributed by atoms with E-state index in [9.17, 15) is 9.59 Å². The number of hydrogen-bond acceptors (Lipinski definition) is 5. The summed E-state index contributed by atoms with van der Waals surface area (Å²) >= 11 is 0. The second kappa shape index (κ2) is 8.12. The third-order valence-corrected chi connectivity index (χ3v) is 3.67. The highest BCUT2D eigenvalue weighted by atomic mass is 16.6. The number of nitrogens with zero attached hydrogens (tertiary/aromatic N) is 1. The number of amides is 1. The van der Waals surface area contributed by atoms with Crippen LogP contribution in [0.1, 0.15) is 33.7 Å². The van der Waals surface area contributed by atoms with Gasteiger partial charge >= 0.3 is 12.1 Å². The van der Waals surface area contributed by atoms with Crippen molar-refractivity contribution in [1.82, 2.24) is 9.88 Å². The molecule has 7 heteroatoms. The summed E-state index contributed by atoms with van der Waals surface area (Å²) in [5, 5.41) is 3.52. The lowest BCUT2D eigenvalue weighted by Crippen LogP contribution is -2.38. The SMILES string of the molecule is CCOc1cccc2c1ccn2C(CNC(=O)OC(C)(C)C)C(=O)OC. The van der Waals surface area contributed by atoms with Gasteiger partial charge in [-0.15, -0.1) is 0 Å². The molecule has 7 nitrogen and oxygen atoms in total. The predicted octanol–water partition coefficient (Wildman–Crippen LogP) is 3.28. The van der Waals surface area contributed by atoms with Gasteiger partial charge in [0.15, 0.2) is 0 Å². The molecule has 1 amide bonds. The molecule has 2 rings (SSSR count). The van der Waals surface area contributed by atoms with E-state index in [1.54, 1.807) is 31.5 Å². The molecule has 0 aliphatic rings. The van der Waals surface area contributed by atoms with Crippen molar-refractivity contribution in [2.24, 2.45) is 0 Å². The van der Waals surface area contributed by atoms with Crippen LogP contribution in [-0.4, -0.2) is 42.5 Å². The fourth-order valence-electron chi connectivity index (χ4n) is 2.64. The normalized spacial score (nSPS) is 12.5. The van der Waals surface area contributed by atoms with Crippen LogP contribution in [0.3, 0.4) is 0 Å². The summed E-state index contributed by atoms with van der Waals surface area (Å²) in [5.74, 6) is 0.285. The zero-order chi connectivity index (χ0) is 19.3. The molecule has 142 valence electrons. The molecule has 1 heterocycles. The van der Waals surface area contributed by atoms with Gasteiger partial charge in [-0.05, 0) is 45.9 Å². The van der Waals surface area contributed by atoms with Crippen LogP contribution in [0.5, 0.6) is 5.75 Å². The molecular formula is C19H26N2O5. The Kier molecular flexibility index (Phi) is 6.13. The molecule has 0 bridgehead atoms. The Morgan fingerprint density at radius 2 is 1.96 bits per heavy atom. The first-order valence-corrected chi connectivity index (χ1v) is 8.54. The first-order chi connectivity index (χ1) is 12.3. The average Bonchev–Trinajstić information content (AvgIpc) is 2.98. The molecule has 0 radical (unpaired) electrons. The van der Waals surface area contributed by atoms with E-state index in [4.69, 9.17) is 14.2 Å². The highest BCUT2D eigenvalue weighted by Crippen LogP contribution is 2.29. The summed E-state index contributed by atoms with van der Waals surface area (Å²) in [6.07, 6.45) is 1.20. The van der Waals surface area contributed by atoms with E-state index in [1.807, 2.05) is 31.2 Å². The molecule has 0 fully saturated rings. The van der Waals surface area contributed by atoms with Gasteiger partial charge in [0.05, 0.1) is 25.8 Å². The molecule has 1 unspecified atom stereocenters. The fourth-order valence-corrected chi connectivity index (χ4v) is 2.64. The number of carbonyl (C=O) groups is 2. The van der Waals surface area contributed by atoms with Gasteiger partial charge < -0.3 is 24.1 Å². The van der Waals surface area contributed by atoms with Gasteiger partial charge in [-0.1, -0.05) is 6.07 Å². The number of esters is 1. The van der Waals surface area contributed by atoms with E-state index in [0.717, 1.165) is 16.7 Å². The molecule has 0 aliphatic carbocycles. The van der Waals surface area contributed by atoms with Crippen LogP contribution in [0.15, 0.2) is 30.5 Å². The van der Waals surface area contributed by atoms with Crippen molar-refractivity contribution in [2.75, 3.05) is 20.3 Å². The first kappa shape index (κ1) is 19.6. The van der Waals surface area contributed by atoms with Crippen LogP contribution >= 0.6 is 0 Å². The number of fused-ring (bicyclic) bond motifs is 1. The minimum absolute atomic E-state index is 0.0459. The van der Waals surface area contributed by atoms with Gasteiger partial charge in [0, 0.05) is 11.6 Å². The molecule has 1 N–H and O–H groups in total. The van der Waals surface area contributed by atoms with Crippen LogP contribution in [0.4, 0.5) is 4.79 Å². The zero-order valence-corrected chi connectivity index (χ0v) is 15.9. The number of alkyl carbamates (subject to hydrolysis) is 1. The number of ether oxygens (including phenoxy) is 3. The van der Waals surface area contributed by atoms with Gasteiger partial charge in [-0.25, -0.2) is 9.59 Å². The molecule has 1 aromatic carbocycles. The molecule has 26 heavy (non-hydrogen) atoms. The summed E-state index contributed by atoms with van der Waals surface area (Å²) in [5.41, 5.74) is 0.203. The Hall–Kier alpha value is -2.70. The highest BCUT2D eigenvalue weighted by molar-refractivity contribution is 5.88. The summed E-state index contributed by atoms with van der Waals surface area (Å²) in [7, 11) is 1.32. The minimum atomic E-state index is -0.720. The average molecular weight is 362 g/mol. The standard InChI is InChI=1S/C19H26N2O5/c1-6-25-16-9-7-8-14-13(16)10-11-21(14)15(17(22)24-5)12-20-18(23)26-19(2,3)4/h7-11,15H,6,12H2,1-5H3,(H,20,23). The van der Waals surface area contributed by atoms with Crippen molar-refractivity contribution >= 4 is 23.0 Å². The highest BCUT2D eigenvalue weighted by Gasteiger charge is 2.25. The minimum Gasteiger partial charge on any atom is -0.493 e. The number of methoxy groups -OCH3 is 1. The number of benzene rings is 1. The lowest BCUT2D eigenvalue weighted by molar-refractivity contribution is -0.144. The van der Waals surface area contributed by atoms with E-state index in [0.29, 0.717) is 6.61 Å². The van der Waals surface area contributed by atoms with Crippen molar-refractivity contribution < 1.29 is 23.8 Å². The second-order valence-electron chi connectivity index (χ2n) is 6.77. The van der Waals surface area contributed by atoms with Crippen LogP contribution in [0.25, 0.3) is 10.9 Å². The van der Waals surface area contributed by atoms with Gasteiger partial charge in [0.1, 0.15) is 17.4 Å². The molecule has 0 spiro atoms. The van der Waals surface area contributed by atoms with E-state index < -0.39 is 23.7 Å². The van der Waals surface area contributed by atoms with Crippen molar-refractivity contribution in [3.63, 3.8) is 0 Å².